The first-order valence-electron chi connectivity index (χ1n) is 5.21. The monoisotopic (exact) mass is 246 g/mol. The van der Waals surface area contributed by atoms with Crippen LogP contribution in [0.3, 0.4) is 0 Å². The number of halogens is 1. The average Bonchev–Trinajstić information content (AvgIpc) is 2.38. The first kappa shape index (κ1) is 11.7. The SMILES string of the molecule is O=Cc1cccc(Cl)c1OCc1ccccc1. The number of aldehydes is 1. The molecule has 0 unspecified atom stereocenters. The van der Waals surface area contributed by atoms with E-state index in [1.807, 2.05) is 30.3 Å². The van der Waals surface area contributed by atoms with E-state index in [2.05, 4.69) is 0 Å². The summed E-state index contributed by atoms with van der Waals surface area (Å²) in [6, 6.07) is 14.8. The fourth-order valence-electron chi connectivity index (χ4n) is 1.50. The second-order valence-electron chi connectivity index (χ2n) is 3.55. The summed E-state index contributed by atoms with van der Waals surface area (Å²) in [5.41, 5.74) is 1.50. The topological polar surface area (TPSA) is 26.3 Å². The van der Waals surface area contributed by atoms with Crippen molar-refractivity contribution in [2.45, 2.75) is 6.61 Å². The fourth-order valence-corrected chi connectivity index (χ4v) is 1.74. The van der Waals surface area contributed by atoms with Crippen LogP contribution in [0, 0.1) is 0 Å². The highest BCUT2D eigenvalue weighted by Gasteiger charge is 2.07. The molecule has 0 saturated carbocycles. The smallest absolute Gasteiger partial charge is 0.153 e. The Balaban J connectivity index is 2.16. The van der Waals surface area contributed by atoms with Crippen LogP contribution in [0.25, 0.3) is 0 Å². The maximum atomic E-state index is 10.9. The van der Waals surface area contributed by atoms with Crippen LogP contribution in [0.2, 0.25) is 5.02 Å². The van der Waals surface area contributed by atoms with E-state index >= 15 is 0 Å². The molecule has 0 bridgehead atoms. The molecule has 0 radical (unpaired) electrons. The molecule has 86 valence electrons. The number of rotatable bonds is 4. The molecule has 0 aromatic heterocycles. The van der Waals surface area contributed by atoms with E-state index in [1.54, 1.807) is 18.2 Å². The van der Waals surface area contributed by atoms with Gasteiger partial charge in [-0.25, -0.2) is 0 Å². The van der Waals surface area contributed by atoms with E-state index in [0.717, 1.165) is 11.8 Å². The van der Waals surface area contributed by atoms with Gasteiger partial charge in [0, 0.05) is 0 Å². The average molecular weight is 247 g/mol. The van der Waals surface area contributed by atoms with Crippen LogP contribution in [0.5, 0.6) is 5.75 Å². The Labute approximate surface area is 105 Å². The molecule has 0 aliphatic carbocycles. The second kappa shape index (κ2) is 5.51. The number of hydrogen-bond donors (Lipinski definition) is 0. The lowest BCUT2D eigenvalue weighted by Gasteiger charge is -2.09. The fraction of sp³-hybridized carbons (Fsp3) is 0.0714. The summed E-state index contributed by atoms with van der Waals surface area (Å²) in [4.78, 5) is 10.9. The van der Waals surface area contributed by atoms with Gasteiger partial charge in [-0.15, -0.1) is 0 Å². The van der Waals surface area contributed by atoms with Crippen molar-refractivity contribution in [3.05, 3.63) is 64.7 Å². The molecule has 0 fully saturated rings. The summed E-state index contributed by atoms with van der Waals surface area (Å²) in [5.74, 6) is 0.438. The second-order valence-corrected chi connectivity index (χ2v) is 3.96. The van der Waals surface area contributed by atoms with Crippen molar-refractivity contribution >= 4 is 17.9 Å². The molecule has 0 spiro atoms. The van der Waals surface area contributed by atoms with Crippen molar-refractivity contribution in [1.82, 2.24) is 0 Å². The molecular weight excluding hydrogens is 236 g/mol. The number of benzene rings is 2. The van der Waals surface area contributed by atoms with E-state index in [1.165, 1.54) is 0 Å². The van der Waals surface area contributed by atoms with Crippen molar-refractivity contribution in [1.29, 1.82) is 0 Å². The van der Waals surface area contributed by atoms with E-state index in [0.29, 0.717) is 22.9 Å². The number of carbonyl (C=O) groups excluding carboxylic acids is 1. The van der Waals surface area contributed by atoms with Crippen molar-refractivity contribution in [3.8, 4) is 5.75 Å². The van der Waals surface area contributed by atoms with Gasteiger partial charge in [-0.3, -0.25) is 4.79 Å². The molecule has 0 amide bonds. The molecule has 17 heavy (non-hydrogen) atoms. The van der Waals surface area contributed by atoms with Crippen molar-refractivity contribution in [2.24, 2.45) is 0 Å². The highest BCUT2D eigenvalue weighted by molar-refractivity contribution is 6.32. The first-order chi connectivity index (χ1) is 8.31. The van der Waals surface area contributed by atoms with Gasteiger partial charge in [-0.2, -0.15) is 0 Å². The van der Waals surface area contributed by atoms with Gasteiger partial charge in [0.15, 0.2) is 6.29 Å². The van der Waals surface area contributed by atoms with Crippen LogP contribution in [0.15, 0.2) is 48.5 Å². The Kier molecular flexibility index (Phi) is 3.78. The number of carbonyl (C=O) groups is 1. The Morgan fingerprint density at radius 3 is 2.53 bits per heavy atom. The molecule has 2 nitrogen and oxygen atoms in total. The van der Waals surface area contributed by atoms with E-state index in [-0.39, 0.29) is 0 Å². The summed E-state index contributed by atoms with van der Waals surface area (Å²) < 4.78 is 5.58. The minimum Gasteiger partial charge on any atom is -0.487 e. The lowest BCUT2D eigenvalue weighted by atomic mass is 10.2. The van der Waals surface area contributed by atoms with Gasteiger partial charge in [0.05, 0.1) is 10.6 Å². The predicted molar refractivity (Wildman–Crippen MR) is 67.6 cm³/mol. The zero-order valence-electron chi connectivity index (χ0n) is 9.10. The van der Waals surface area contributed by atoms with Crippen LogP contribution < -0.4 is 4.74 Å². The Morgan fingerprint density at radius 1 is 1.06 bits per heavy atom. The van der Waals surface area contributed by atoms with Crippen molar-refractivity contribution in [3.63, 3.8) is 0 Å². The number of para-hydroxylation sites is 1. The van der Waals surface area contributed by atoms with Gasteiger partial charge >= 0.3 is 0 Å². The maximum absolute atomic E-state index is 10.9. The predicted octanol–water partition coefficient (Wildman–Crippen LogP) is 3.73. The summed E-state index contributed by atoms with van der Waals surface area (Å²) in [6.45, 7) is 0.394. The minimum absolute atomic E-state index is 0.394. The van der Waals surface area contributed by atoms with Crippen LogP contribution >= 0.6 is 11.6 Å². The van der Waals surface area contributed by atoms with Gasteiger partial charge < -0.3 is 4.74 Å². The molecule has 2 aromatic carbocycles. The van der Waals surface area contributed by atoms with Crippen LogP contribution in [0.4, 0.5) is 0 Å². The molecular formula is C14H11ClO2. The maximum Gasteiger partial charge on any atom is 0.153 e. The van der Waals surface area contributed by atoms with E-state index in [9.17, 15) is 4.79 Å². The quantitative estimate of drug-likeness (QED) is 0.769. The number of hydrogen-bond acceptors (Lipinski definition) is 2. The van der Waals surface area contributed by atoms with Gasteiger partial charge in [0.25, 0.3) is 0 Å². The largest absolute Gasteiger partial charge is 0.487 e. The van der Waals surface area contributed by atoms with Crippen LogP contribution in [-0.4, -0.2) is 6.29 Å². The first-order valence-corrected chi connectivity index (χ1v) is 5.59. The zero-order chi connectivity index (χ0) is 12.1. The third kappa shape index (κ3) is 2.86. The molecule has 2 aromatic rings. The minimum atomic E-state index is 0.394. The molecule has 3 heteroatoms. The molecule has 2 rings (SSSR count). The summed E-state index contributed by atoms with van der Waals surface area (Å²) in [5, 5.41) is 0.450. The van der Waals surface area contributed by atoms with Crippen LogP contribution in [0.1, 0.15) is 15.9 Å². The zero-order valence-corrected chi connectivity index (χ0v) is 9.85. The van der Waals surface area contributed by atoms with Gasteiger partial charge in [-0.1, -0.05) is 48.0 Å². The third-order valence-corrected chi connectivity index (χ3v) is 2.65. The van der Waals surface area contributed by atoms with Crippen molar-refractivity contribution < 1.29 is 9.53 Å². The Hall–Kier alpha value is -1.80. The van der Waals surface area contributed by atoms with Crippen LogP contribution in [-0.2, 0) is 6.61 Å². The lowest BCUT2D eigenvalue weighted by molar-refractivity contribution is 0.111. The summed E-state index contributed by atoms with van der Waals surface area (Å²) in [6.07, 6.45) is 0.742. The molecule has 0 aliphatic heterocycles. The molecule has 0 N–H and O–H groups in total. The highest BCUT2D eigenvalue weighted by Crippen LogP contribution is 2.28. The van der Waals surface area contributed by atoms with Gasteiger partial charge in [-0.05, 0) is 17.7 Å². The summed E-state index contributed by atoms with van der Waals surface area (Å²) in [7, 11) is 0. The van der Waals surface area contributed by atoms with E-state index < -0.39 is 0 Å². The molecule has 0 heterocycles. The Bertz CT molecular complexity index is 509. The van der Waals surface area contributed by atoms with Gasteiger partial charge in [0.2, 0.25) is 0 Å². The molecule has 0 atom stereocenters. The van der Waals surface area contributed by atoms with Crippen molar-refractivity contribution in [2.75, 3.05) is 0 Å². The standard InChI is InChI=1S/C14H11ClO2/c15-13-8-4-7-12(9-16)14(13)17-10-11-5-2-1-3-6-11/h1-9H,10H2. The normalized spacial score (nSPS) is 9.94. The van der Waals surface area contributed by atoms with E-state index in [4.69, 9.17) is 16.3 Å². The highest BCUT2D eigenvalue weighted by atomic mass is 35.5. The summed E-state index contributed by atoms with van der Waals surface area (Å²) >= 11 is 5.99. The lowest BCUT2D eigenvalue weighted by Crippen LogP contribution is -1.98. The molecule has 0 saturated heterocycles. The number of ether oxygens (including phenoxy) is 1. The van der Waals surface area contributed by atoms with Gasteiger partial charge in [0.1, 0.15) is 12.4 Å². The molecule has 0 aliphatic rings. The Morgan fingerprint density at radius 2 is 1.82 bits per heavy atom. The third-order valence-electron chi connectivity index (χ3n) is 2.35.